The zero-order valence-electron chi connectivity index (χ0n) is 8.72. The van der Waals surface area contributed by atoms with E-state index in [0.29, 0.717) is 6.54 Å². The molecule has 78 valence electrons. The van der Waals surface area contributed by atoms with Crippen molar-refractivity contribution in [1.82, 2.24) is 14.8 Å². The van der Waals surface area contributed by atoms with Gasteiger partial charge in [-0.2, -0.15) is 5.10 Å². The molecule has 2 rings (SSSR count). The lowest BCUT2D eigenvalue weighted by Gasteiger charge is -2.06. The van der Waals surface area contributed by atoms with Gasteiger partial charge in [-0.05, 0) is 30.2 Å². The van der Waals surface area contributed by atoms with Crippen LogP contribution in [0.4, 0.5) is 0 Å². The molecule has 0 radical (unpaired) electrons. The monoisotopic (exact) mass is 202 g/mol. The Morgan fingerprint density at radius 3 is 2.87 bits per heavy atom. The predicted octanol–water partition coefficient (Wildman–Crippen LogP) is 1.29. The number of pyridine rings is 1. The fraction of sp³-hybridized carbons (Fsp3) is 0.273. The van der Waals surface area contributed by atoms with Crippen LogP contribution >= 0.6 is 0 Å². The second kappa shape index (κ2) is 4.23. The van der Waals surface area contributed by atoms with E-state index in [0.717, 1.165) is 23.5 Å². The SMILES string of the molecule is CCc1cc(CN)cc(-n2cccn2)n1. The van der Waals surface area contributed by atoms with Gasteiger partial charge in [0.1, 0.15) is 0 Å². The summed E-state index contributed by atoms with van der Waals surface area (Å²) in [5.74, 6) is 0.833. The third-order valence-corrected chi connectivity index (χ3v) is 2.26. The molecular formula is C11H14N4. The van der Waals surface area contributed by atoms with Gasteiger partial charge in [0, 0.05) is 24.6 Å². The lowest BCUT2D eigenvalue weighted by Crippen LogP contribution is -2.05. The van der Waals surface area contributed by atoms with Gasteiger partial charge in [-0.15, -0.1) is 0 Å². The Morgan fingerprint density at radius 1 is 1.40 bits per heavy atom. The van der Waals surface area contributed by atoms with Crippen molar-refractivity contribution in [3.8, 4) is 5.82 Å². The van der Waals surface area contributed by atoms with Crippen molar-refractivity contribution in [2.45, 2.75) is 19.9 Å². The molecule has 2 aromatic rings. The second-order valence-electron chi connectivity index (χ2n) is 3.33. The molecule has 4 nitrogen and oxygen atoms in total. The predicted molar refractivity (Wildman–Crippen MR) is 58.6 cm³/mol. The summed E-state index contributed by atoms with van der Waals surface area (Å²) in [6, 6.07) is 5.88. The first-order valence-corrected chi connectivity index (χ1v) is 5.03. The smallest absolute Gasteiger partial charge is 0.153 e. The highest BCUT2D eigenvalue weighted by Crippen LogP contribution is 2.09. The van der Waals surface area contributed by atoms with Gasteiger partial charge in [0.15, 0.2) is 5.82 Å². The Morgan fingerprint density at radius 2 is 2.27 bits per heavy atom. The van der Waals surface area contributed by atoms with Crippen LogP contribution in [0.25, 0.3) is 5.82 Å². The highest BCUT2D eigenvalue weighted by atomic mass is 15.3. The van der Waals surface area contributed by atoms with Crippen LogP contribution in [0.2, 0.25) is 0 Å². The molecule has 0 aliphatic rings. The number of hydrogen-bond acceptors (Lipinski definition) is 3. The molecular weight excluding hydrogens is 188 g/mol. The van der Waals surface area contributed by atoms with E-state index in [9.17, 15) is 0 Å². The number of nitrogens with two attached hydrogens (primary N) is 1. The molecule has 0 saturated heterocycles. The van der Waals surface area contributed by atoms with Crippen molar-refractivity contribution in [2.75, 3.05) is 0 Å². The molecule has 0 bridgehead atoms. The van der Waals surface area contributed by atoms with Crippen LogP contribution in [0.1, 0.15) is 18.2 Å². The van der Waals surface area contributed by atoms with Crippen molar-refractivity contribution in [1.29, 1.82) is 0 Å². The summed E-state index contributed by atoms with van der Waals surface area (Å²) in [4.78, 5) is 4.49. The van der Waals surface area contributed by atoms with Gasteiger partial charge in [0.05, 0.1) is 0 Å². The molecule has 2 N–H and O–H groups in total. The first kappa shape index (κ1) is 9.86. The summed E-state index contributed by atoms with van der Waals surface area (Å²) in [5, 5.41) is 4.15. The van der Waals surface area contributed by atoms with Crippen LogP contribution < -0.4 is 5.73 Å². The minimum atomic E-state index is 0.532. The normalized spacial score (nSPS) is 10.5. The number of aryl methyl sites for hydroxylation is 1. The van der Waals surface area contributed by atoms with Crippen molar-refractivity contribution in [2.24, 2.45) is 5.73 Å². The lowest BCUT2D eigenvalue weighted by molar-refractivity contribution is 0.825. The molecule has 2 heterocycles. The molecule has 0 aliphatic heterocycles. The van der Waals surface area contributed by atoms with Gasteiger partial charge in [0.2, 0.25) is 0 Å². The third-order valence-electron chi connectivity index (χ3n) is 2.26. The summed E-state index contributed by atoms with van der Waals surface area (Å²) < 4.78 is 1.75. The summed E-state index contributed by atoms with van der Waals surface area (Å²) in [7, 11) is 0. The second-order valence-corrected chi connectivity index (χ2v) is 3.33. The average Bonchev–Trinajstić information content (AvgIpc) is 2.81. The van der Waals surface area contributed by atoms with Crippen LogP contribution in [0.15, 0.2) is 30.6 Å². The average molecular weight is 202 g/mol. The maximum atomic E-state index is 5.64. The molecule has 2 aromatic heterocycles. The van der Waals surface area contributed by atoms with E-state index in [-0.39, 0.29) is 0 Å². The molecule has 0 fully saturated rings. The highest BCUT2D eigenvalue weighted by Gasteiger charge is 2.02. The lowest BCUT2D eigenvalue weighted by atomic mass is 10.2. The zero-order chi connectivity index (χ0) is 10.7. The number of hydrogen-bond donors (Lipinski definition) is 1. The number of nitrogens with zero attached hydrogens (tertiary/aromatic N) is 3. The van der Waals surface area contributed by atoms with Gasteiger partial charge in [0.25, 0.3) is 0 Å². The zero-order valence-corrected chi connectivity index (χ0v) is 8.72. The Hall–Kier alpha value is -1.68. The van der Waals surface area contributed by atoms with Crippen molar-refractivity contribution < 1.29 is 0 Å². The minimum Gasteiger partial charge on any atom is -0.326 e. The van der Waals surface area contributed by atoms with Gasteiger partial charge in [-0.1, -0.05) is 6.92 Å². The maximum absolute atomic E-state index is 5.64. The van der Waals surface area contributed by atoms with E-state index < -0.39 is 0 Å². The van der Waals surface area contributed by atoms with Gasteiger partial charge in [-0.25, -0.2) is 9.67 Å². The molecule has 0 amide bonds. The van der Waals surface area contributed by atoms with E-state index >= 15 is 0 Å². The topological polar surface area (TPSA) is 56.7 Å². The number of rotatable bonds is 3. The molecule has 0 atom stereocenters. The Labute approximate surface area is 88.8 Å². The largest absolute Gasteiger partial charge is 0.326 e. The molecule has 0 saturated carbocycles. The summed E-state index contributed by atoms with van der Waals surface area (Å²) >= 11 is 0. The standard InChI is InChI=1S/C11H14N4/c1-2-10-6-9(8-12)7-11(14-10)15-5-3-4-13-15/h3-7H,2,8,12H2,1H3. The van der Waals surface area contributed by atoms with Crippen molar-refractivity contribution in [3.05, 3.63) is 41.9 Å². The molecule has 15 heavy (non-hydrogen) atoms. The van der Waals surface area contributed by atoms with Gasteiger partial charge < -0.3 is 5.73 Å². The quantitative estimate of drug-likeness (QED) is 0.815. The van der Waals surface area contributed by atoms with Crippen LogP contribution in [0.3, 0.4) is 0 Å². The molecule has 0 unspecified atom stereocenters. The van der Waals surface area contributed by atoms with Crippen LogP contribution in [0, 0.1) is 0 Å². The van der Waals surface area contributed by atoms with E-state index in [1.165, 1.54) is 0 Å². The molecule has 4 heteroatoms. The van der Waals surface area contributed by atoms with Crippen LogP contribution in [0.5, 0.6) is 0 Å². The molecule has 0 spiro atoms. The fourth-order valence-electron chi connectivity index (χ4n) is 1.45. The van der Waals surface area contributed by atoms with E-state index in [2.05, 4.69) is 17.0 Å². The first-order chi connectivity index (χ1) is 7.33. The first-order valence-electron chi connectivity index (χ1n) is 5.03. The van der Waals surface area contributed by atoms with Crippen molar-refractivity contribution >= 4 is 0 Å². The maximum Gasteiger partial charge on any atom is 0.153 e. The molecule has 0 aliphatic carbocycles. The summed E-state index contributed by atoms with van der Waals surface area (Å²) in [5.41, 5.74) is 7.77. The Bertz CT molecular complexity index is 412. The van der Waals surface area contributed by atoms with E-state index in [1.54, 1.807) is 10.9 Å². The van der Waals surface area contributed by atoms with Gasteiger partial charge in [-0.3, -0.25) is 0 Å². The molecule has 0 aromatic carbocycles. The Balaban J connectivity index is 2.47. The Kier molecular flexibility index (Phi) is 2.78. The third kappa shape index (κ3) is 2.05. The van der Waals surface area contributed by atoms with Crippen molar-refractivity contribution in [3.63, 3.8) is 0 Å². The fourth-order valence-corrected chi connectivity index (χ4v) is 1.45. The summed E-state index contributed by atoms with van der Waals surface area (Å²) in [6.45, 7) is 2.61. The number of aromatic nitrogens is 3. The van der Waals surface area contributed by atoms with Gasteiger partial charge >= 0.3 is 0 Å². The van der Waals surface area contributed by atoms with E-state index in [1.807, 2.05) is 24.4 Å². The minimum absolute atomic E-state index is 0.532. The highest BCUT2D eigenvalue weighted by molar-refractivity contribution is 5.30. The van der Waals surface area contributed by atoms with Crippen LogP contribution in [-0.4, -0.2) is 14.8 Å². The van der Waals surface area contributed by atoms with Crippen LogP contribution in [-0.2, 0) is 13.0 Å². The summed E-state index contributed by atoms with van der Waals surface area (Å²) in [6.07, 6.45) is 4.52. The van der Waals surface area contributed by atoms with E-state index in [4.69, 9.17) is 5.73 Å².